The minimum atomic E-state index is -4.03. The fraction of sp³-hybridized carbons (Fsp3) is 0.250. The zero-order chi connectivity index (χ0) is 22.3. The highest BCUT2D eigenvalue weighted by Gasteiger charge is 2.39. The standard InChI is InChI=1S/C20H19Cl2N3O5S/c1-29-14-6-12(22)5-13(8-14)24-31(27,28)25-9-16(20(26)30-2)19-15-7-11(21)3-4-17(15)23-18(19)10-25/h3-8,16,23-24H,9-10H2,1-2H3. The quantitative estimate of drug-likeness (QED) is 0.535. The number of methoxy groups -OCH3 is 2. The summed E-state index contributed by atoms with van der Waals surface area (Å²) in [4.78, 5) is 15.8. The number of benzene rings is 2. The van der Waals surface area contributed by atoms with Crippen LogP contribution in [0.5, 0.6) is 5.75 Å². The van der Waals surface area contributed by atoms with Crippen LogP contribution in [0.3, 0.4) is 0 Å². The first-order valence-electron chi connectivity index (χ1n) is 9.22. The smallest absolute Gasteiger partial charge is 0.314 e. The number of rotatable bonds is 5. The molecule has 0 saturated carbocycles. The van der Waals surface area contributed by atoms with Crippen molar-refractivity contribution in [3.8, 4) is 5.75 Å². The van der Waals surface area contributed by atoms with Gasteiger partial charge in [-0.1, -0.05) is 23.2 Å². The second-order valence-electron chi connectivity index (χ2n) is 7.06. The topological polar surface area (TPSA) is 101 Å². The number of esters is 1. The average Bonchev–Trinajstić information content (AvgIpc) is 3.09. The molecule has 11 heteroatoms. The Morgan fingerprint density at radius 2 is 1.94 bits per heavy atom. The van der Waals surface area contributed by atoms with E-state index in [0.717, 1.165) is 10.9 Å². The van der Waals surface area contributed by atoms with E-state index in [4.69, 9.17) is 32.7 Å². The number of nitrogens with zero attached hydrogens (tertiary/aromatic N) is 1. The molecular formula is C20H19Cl2N3O5S. The number of fused-ring (bicyclic) bond motifs is 3. The summed E-state index contributed by atoms with van der Waals surface area (Å²) in [5, 5.41) is 1.60. The molecule has 1 atom stereocenters. The lowest BCUT2D eigenvalue weighted by Crippen LogP contribution is -2.43. The Bertz CT molecular complexity index is 1280. The fourth-order valence-corrected chi connectivity index (χ4v) is 5.36. The lowest BCUT2D eigenvalue weighted by Gasteiger charge is -2.31. The van der Waals surface area contributed by atoms with Crippen LogP contribution >= 0.6 is 23.2 Å². The van der Waals surface area contributed by atoms with Crippen LogP contribution in [-0.2, 0) is 26.3 Å². The summed E-state index contributed by atoms with van der Waals surface area (Å²) in [6.07, 6.45) is 0. The van der Waals surface area contributed by atoms with Crippen LogP contribution in [0.15, 0.2) is 36.4 Å². The van der Waals surface area contributed by atoms with Crippen molar-refractivity contribution in [2.45, 2.75) is 12.5 Å². The van der Waals surface area contributed by atoms with Gasteiger partial charge in [-0.2, -0.15) is 12.7 Å². The van der Waals surface area contributed by atoms with Gasteiger partial charge < -0.3 is 14.5 Å². The van der Waals surface area contributed by atoms with Gasteiger partial charge in [0.2, 0.25) is 0 Å². The second-order valence-corrected chi connectivity index (χ2v) is 9.61. The summed E-state index contributed by atoms with van der Waals surface area (Å²) in [6, 6.07) is 9.82. The van der Waals surface area contributed by atoms with Gasteiger partial charge in [0.25, 0.3) is 0 Å². The van der Waals surface area contributed by atoms with Crippen molar-refractivity contribution in [1.29, 1.82) is 0 Å². The summed E-state index contributed by atoms with van der Waals surface area (Å²) in [5.41, 5.74) is 2.30. The molecule has 1 aliphatic heterocycles. The van der Waals surface area contributed by atoms with E-state index in [1.807, 2.05) is 0 Å². The molecule has 1 aliphatic rings. The predicted octanol–water partition coefficient (Wildman–Crippen LogP) is 3.91. The summed E-state index contributed by atoms with van der Waals surface area (Å²) in [5.74, 6) is -0.941. The van der Waals surface area contributed by atoms with Gasteiger partial charge in [-0.25, -0.2) is 0 Å². The van der Waals surface area contributed by atoms with Crippen LogP contribution in [0.1, 0.15) is 17.2 Å². The van der Waals surface area contributed by atoms with Crippen molar-refractivity contribution < 1.29 is 22.7 Å². The van der Waals surface area contributed by atoms with Gasteiger partial charge in [0, 0.05) is 39.3 Å². The first-order valence-corrected chi connectivity index (χ1v) is 11.4. The Morgan fingerprint density at radius 3 is 2.65 bits per heavy atom. The molecule has 0 spiro atoms. The number of carbonyl (C=O) groups is 1. The van der Waals surface area contributed by atoms with Gasteiger partial charge in [-0.05, 0) is 35.9 Å². The van der Waals surface area contributed by atoms with E-state index in [2.05, 4.69) is 9.71 Å². The van der Waals surface area contributed by atoms with Gasteiger partial charge >= 0.3 is 16.2 Å². The molecule has 2 aromatic carbocycles. The monoisotopic (exact) mass is 483 g/mol. The molecule has 164 valence electrons. The fourth-order valence-electron chi connectivity index (χ4n) is 3.77. The molecule has 0 radical (unpaired) electrons. The molecule has 3 aromatic rings. The van der Waals surface area contributed by atoms with E-state index in [-0.39, 0.29) is 18.8 Å². The number of nitrogens with one attached hydrogen (secondary N) is 2. The summed E-state index contributed by atoms with van der Waals surface area (Å²) >= 11 is 12.2. The van der Waals surface area contributed by atoms with Crippen LogP contribution in [0.2, 0.25) is 10.0 Å². The summed E-state index contributed by atoms with van der Waals surface area (Å²) in [7, 11) is -1.30. The maximum Gasteiger partial charge on any atom is 0.314 e. The first kappa shape index (κ1) is 21.8. The van der Waals surface area contributed by atoms with E-state index in [0.29, 0.717) is 27.1 Å². The molecule has 1 aromatic heterocycles. The molecular weight excluding hydrogens is 465 g/mol. The highest BCUT2D eigenvalue weighted by atomic mass is 35.5. The molecule has 0 amide bonds. The summed E-state index contributed by atoms with van der Waals surface area (Å²) < 4.78 is 40.1. The number of halogens is 2. The van der Waals surface area contributed by atoms with Crippen LogP contribution in [-0.4, -0.2) is 44.4 Å². The predicted molar refractivity (Wildman–Crippen MR) is 119 cm³/mol. The molecule has 8 nitrogen and oxygen atoms in total. The number of carbonyl (C=O) groups excluding carboxylic acids is 1. The lowest BCUT2D eigenvalue weighted by atomic mass is 9.93. The van der Waals surface area contributed by atoms with E-state index in [9.17, 15) is 13.2 Å². The zero-order valence-electron chi connectivity index (χ0n) is 16.6. The number of aromatic amines is 1. The van der Waals surface area contributed by atoms with Crippen molar-refractivity contribution in [2.24, 2.45) is 0 Å². The van der Waals surface area contributed by atoms with E-state index >= 15 is 0 Å². The average molecular weight is 484 g/mol. The van der Waals surface area contributed by atoms with Crippen LogP contribution < -0.4 is 9.46 Å². The van der Waals surface area contributed by atoms with Crippen LogP contribution in [0.4, 0.5) is 5.69 Å². The third kappa shape index (κ3) is 4.18. The largest absolute Gasteiger partial charge is 0.497 e. The van der Waals surface area contributed by atoms with Crippen molar-refractivity contribution in [1.82, 2.24) is 9.29 Å². The van der Waals surface area contributed by atoms with Crippen molar-refractivity contribution in [2.75, 3.05) is 25.5 Å². The Hall–Kier alpha value is -2.46. The second kappa shape index (κ2) is 8.23. The molecule has 0 fully saturated rings. The molecule has 31 heavy (non-hydrogen) atoms. The van der Waals surface area contributed by atoms with Crippen molar-refractivity contribution >= 4 is 56.0 Å². The highest BCUT2D eigenvalue weighted by Crippen LogP contribution is 2.37. The molecule has 4 rings (SSSR count). The summed E-state index contributed by atoms with van der Waals surface area (Å²) in [6.45, 7) is -0.0473. The number of hydrogen-bond acceptors (Lipinski definition) is 5. The van der Waals surface area contributed by atoms with Gasteiger partial charge in [0.15, 0.2) is 0 Å². The minimum absolute atomic E-state index is 0.0438. The third-order valence-corrected chi connectivity index (χ3v) is 7.04. The van der Waals surface area contributed by atoms with E-state index < -0.39 is 22.1 Å². The molecule has 0 saturated heterocycles. The molecule has 2 heterocycles. The van der Waals surface area contributed by atoms with Crippen molar-refractivity contribution in [3.63, 3.8) is 0 Å². The highest BCUT2D eigenvalue weighted by molar-refractivity contribution is 7.90. The van der Waals surface area contributed by atoms with Crippen LogP contribution in [0.25, 0.3) is 10.9 Å². The third-order valence-electron chi connectivity index (χ3n) is 5.13. The normalized spacial score (nSPS) is 16.7. The number of hydrogen-bond donors (Lipinski definition) is 2. The number of aromatic nitrogens is 1. The number of anilines is 1. The molecule has 0 bridgehead atoms. The first-order chi connectivity index (χ1) is 14.7. The lowest BCUT2D eigenvalue weighted by molar-refractivity contribution is -0.142. The Morgan fingerprint density at radius 1 is 1.16 bits per heavy atom. The SMILES string of the molecule is COC(=O)C1CN(S(=O)(=O)Nc2cc(Cl)cc(OC)c2)Cc2[nH]c3ccc(Cl)cc3c21. The Balaban J connectivity index is 1.73. The molecule has 0 aliphatic carbocycles. The van der Waals surface area contributed by atoms with Crippen molar-refractivity contribution in [3.05, 3.63) is 57.7 Å². The minimum Gasteiger partial charge on any atom is -0.497 e. The van der Waals surface area contributed by atoms with E-state index in [1.165, 1.54) is 30.7 Å². The molecule has 2 N–H and O–H groups in total. The van der Waals surface area contributed by atoms with E-state index in [1.54, 1.807) is 24.3 Å². The Kier molecular flexibility index (Phi) is 5.78. The van der Waals surface area contributed by atoms with Gasteiger partial charge in [0.1, 0.15) is 5.75 Å². The number of H-pyrrole nitrogens is 1. The number of ether oxygens (including phenoxy) is 2. The van der Waals surface area contributed by atoms with Crippen LogP contribution in [0, 0.1) is 0 Å². The Labute approximate surface area is 189 Å². The van der Waals surface area contributed by atoms with Gasteiger partial charge in [-0.15, -0.1) is 0 Å². The van der Waals surface area contributed by atoms with Gasteiger partial charge in [-0.3, -0.25) is 9.52 Å². The maximum absolute atomic E-state index is 13.1. The zero-order valence-corrected chi connectivity index (χ0v) is 18.9. The molecule has 1 unspecified atom stereocenters. The maximum atomic E-state index is 13.1. The van der Waals surface area contributed by atoms with Gasteiger partial charge in [0.05, 0.1) is 32.4 Å².